The van der Waals surface area contributed by atoms with Crippen molar-refractivity contribution in [3.8, 4) is 0 Å². The van der Waals surface area contributed by atoms with E-state index in [1.807, 2.05) is 31.2 Å². The standard InChI is InChI=1S/C15H14BrFN2O2/c1-2-14(10-4-3-5-11(16)8-10)18-12-6-7-15(19(20)21)13(17)9-12/h3-9,14,18H,2H2,1H3. The van der Waals surface area contributed by atoms with E-state index in [1.54, 1.807) is 0 Å². The molecule has 1 N–H and O–H groups in total. The van der Waals surface area contributed by atoms with Crippen LogP contribution in [0.5, 0.6) is 0 Å². The third-order valence-corrected chi connectivity index (χ3v) is 3.64. The van der Waals surface area contributed by atoms with Crippen molar-refractivity contribution in [2.75, 3.05) is 5.32 Å². The second-order valence-corrected chi connectivity index (χ2v) is 5.50. The van der Waals surface area contributed by atoms with Crippen molar-refractivity contribution < 1.29 is 9.31 Å². The van der Waals surface area contributed by atoms with E-state index < -0.39 is 16.4 Å². The molecule has 4 nitrogen and oxygen atoms in total. The number of nitrogens with zero attached hydrogens (tertiary/aromatic N) is 1. The second kappa shape index (κ2) is 6.67. The number of halogens is 2. The van der Waals surface area contributed by atoms with Crippen LogP contribution < -0.4 is 5.32 Å². The number of anilines is 1. The molecule has 0 aliphatic heterocycles. The average Bonchev–Trinajstić information content (AvgIpc) is 2.44. The van der Waals surface area contributed by atoms with Crippen molar-refractivity contribution in [1.29, 1.82) is 0 Å². The molecule has 0 heterocycles. The second-order valence-electron chi connectivity index (χ2n) is 4.58. The number of nitro groups is 1. The molecule has 0 spiro atoms. The van der Waals surface area contributed by atoms with Crippen molar-refractivity contribution in [3.05, 3.63) is 68.4 Å². The molecule has 2 aromatic carbocycles. The van der Waals surface area contributed by atoms with E-state index >= 15 is 0 Å². The van der Waals surface area contributed by atoms with Gasteiger partial charge in [0.05, 0.1) is 11.0 Å². The van der Waals surface area contributed by atoms with Gasteiger partial charge in [0.25, 0.3) is 0 Å². The van der Waals surface area contributed by atoms with E-state index in [0.29, 0.717) is 5.69 Å². The molecule has 21 heavy (non-hydrogen) atoms. The molecular weight excluding hydrogens is 339 g/mol. The van der Waals surface area contributed by atoms with Crippen LogP contribution in [-0.2, 0) is 0 Å². The summed E-state index contributed by atoms with van der Waals surface area (Å²) >= 11 is 3.42. The molecule has 0 amide bonds. The fraction of sp³-hybridized carbons (Fsp3) is 0.200. The van der Waals surface area contributed by atoms with E-state index in [-0.39, 0.29) is 6.04 Å². The van der Waals surface area contributed by atoms with Crippen LogP contribution in [0.2, 0.25) is 0 Å². The SMILES string of the molecule is CCC(Nc1ccc([N+](=O)[O-])c(F)c1)c1cccc(Br)c1. The van der Waals surface area contributed by atoms with Gasteiger partial charge in [-0.15, -0.1) is 0 Å². The maximum absolute atomic E-state index is 13.6. The lowest BCUT2D eigenvalue weighted by Crippen LogP contribution is -2.10. The third kappa shape index (κ3) is 3.78. The van der Waals surface area contributed by atoms with Crippen LogP contribution in [0.1, 0.15) is 24.9 Å². The van der Waals surface area contributed by atoms with E-state index in [0.717, 1.165) is 22.5 Å². The summed E-state index contributed by atoms with van der Waals surface area (Å²) in [7, 11) is 0. The first-order chi connectivity index (χ1) is 10.0. The minimum absolute atomic E-state index is 0.00311. The summed E-state index contributed by atoms with van der Waals surface area (Å²) in [6.07, 6.45) is 0.801. The summed E-state index contributed by atoms with van der Waals surface area (Å²) in [5, 5.41) is 13.8. The molecule has 0 radical (unpaired) electrons. The van der Waals surface area contributed by atoms with Crippen molar-refractivity contribution in [3.63, 3.8) is 0 Å². The maximum atomic E-state index is 13.6. The molecule has 6 heteroatoms. The van der Waals surface area contributed by atoms with Crippen molar-refractivity contribution in [2.24, 2.45) is 0 Å². The van der Waals surface area contributed by atoms with Crippen LogP contribution >= 0.6 is 15.9 Å². The molecular formula is C15H14BrFN2O2. The van der Waals surface area contributed by atoms with E-state index in [9.17, 15) is 14.5 Å². The molecule has 1 atom stereocenters. The van der Waals surface area contributed by atoms with Crippen molar-refractivity contribution >= 4 is 27.3 Å². The van der Waals surface area contributed by atoms with Gasteiger partial charge in [0, 0.05) is 22.3 Å². The largest absolute Gasteiger partial charge is 0.378 e. The van der Waals surface area contributed by atoms with Gasteiger partial charge in [0.15, 0.2) is 0 Å². The minimum Gasteiger partial charge on any atom is -0.378 e. The van der Waals surface area contributed by atoms with Gasteiger partial charge in [-0.1, -0.05) is 35.0 Å². The predicted octanol–water partition coefficient (Wildman–Crippen LogP) is 5.06. The maximum Gasteiger partial charge on any atom is 0.304 e. The smallest absolute Gasteiger partial charge is 0.304 e. The van der Waals surface area contributed by atoms with Crippen molar-refractivity contribution in [2.45, 2.75) is 19.4 Å². The zero-order chi connectivity index (χ0) is 15.4. The molecule has 0 bridgehead atoms. The van der Waals surface area contributed by atoms with Gasteiger partial charge in [-0.25, -0.2) is 0 Å². The Kier molecular flexibility index (Phi) is 4.90. The lowest BCUT2D eigenvalue weighted by Gasteiger charge is -2.19. The van der Waals surface area contributed by atoms with Gasteiger partial charge in [-0.3, -0.25) is 10.1 Å². The zero-order valence-electron chi connectivity index (χ0n) is 11.3. The Morgan fingerprint density at radius 2 is 2.10 bits per heavy atom. The fourth-order valence-electron chi connectivity index (χ4n) is 2.09. The molecule has 2 aromatic rings. The summed E-state index contributed by atoms with van der Waals surface area (Å²) in [5.74, 6) is -0.839. The first-order valence-corrected chi connectivity index (χ1v) is 7.26. The molecule has 2 rings (SSSR count). The number of hydrogen-bond donors (Lipinski definition) is 1. The molecule has 0 aliphatic carbocycles. The predicted molar refractivity (Wildman–Crippen MR) is 83.9 cm³/mol. The summed E-state index contributed by atoms with van der Waals surface area (Å²) in [6, 6.07) is 11.7. The van der Waals surface area contributed by atoms with Crippen LogP contribution in [0.25, 0.3) is 0 Å². The molecule has 0 fully saturated rings. The first-order valence-electron chi connectivity index (χ1n) is 6.47. The molecule has 0 aliphatic rings. The van der Waals surface area contributed by atoms with Crippen molar-refractivity contribution in [1.82, 2.24) is 0 Å². The Balaban J connectivity index is 2.23. The summed E-state index contributed by atoms with van der Waals surface area (Å²) < 4.78 is 14.6. The van der Waals surface area contributed by atoms with Gasteiger partial charge in [-0.05, 0) is 30.2 Å². The fourth-order valence-corrected chi connectivity index (χ4v) is 2.51. The minimum atomic E-state index is -0.839. The topological polar surface area (TPSA) is 55.2 Å². The Hall–Kier alpha value is -1.95. The summed E-state index contributed by atoms with van der Waals surface area (Å²) in [5.41, 5.74) is 1.06. The lowest BCUT2D eigenvalue weighted by atomic mass is 10.0. The van der Waals surface area contributed by atoms with Gasteiger partial charge >= 0.3 is 5.69 Å². The van der Waals surface area contributed by atoms with Crippen LogP contribution in [-0.4, -0.2) is 4.92 Å². The highest BCUT2D eigenvalue weighted by Gasteiger charge is 2.15. The number of benzene rings is 2. The van der Waals surface area contributed by atoms with Gasteiger partial charge in [-0.2, -0.15) is 4.39 Å². The van der Waals surface area contributed by atoms with Crippen LogP contribution in [0.15, 0.2) is 46.9 Å². The highest BCUT2D eigenvalue weighted by Crippen LogP contribution is 2.27. The van der Waals surface area contributed by atoms with Gasteiger partial charge in [0.1, 0.15) is 0 Å². The number of hydrogen-bond acceptors (Lipinski definition) is 3. The molecule has 110 valence electrons. The Bertz CT molecular complexity index is 664. The zero-order valence-corrected chi connectivity index (χ0v) is 12.9. The highest BCUT2D eigenvalue weighted by atomic mass is 79.9. The Morgan fingerprint density at radius 1 is 1.33 bits per heavy atom. The Morgan fingerprint density at radius 3 is 2.67 bits per heavy atom. The van der Waals surface area contributed by atoms with E-state index in [4.69, 9.17) is 0 Å². The van der Waals surface area contributed by atoms with Gasteiger partial charge < -0.3 is 5.32 Å². The first kappa shape index (κ1) is 15.4. The highest BCUT2D eigenvalue weighted by molar-refractivity contribution is 9.10. The summed E-state index contributed by atoms with van der Waals surface area (Å²) in [6.45, 7) is 2.01. The monoisotopic (exact) mass is 352 g/mol. The third-order valence-electron chi connectivity index (χ3n) is 3.14. The Labute approximate surface area is 130 Å². The molecule has 0 saturated carbocycles. The van der Waals surface area contributed by atoms with Crippen LogP contribution in [0.4, 0.5) is 15.8 Å². The molecule has 1 unspecified atom stereocenters. The lowest BCUT2D eigenvalue weighted by molar-refractivity contribution is -0.387. The normalized spacial score (nSPS) is 12.0. The number of nitro benzene ring substituents is 1. The van der Waals surface area contributed by atoms with Crippen LogP contribution in [0, 0.1) is 15.9 Å². The molecule has 0 saturated heterocycles. The molecule has 0 aromatic heterocycles. The quantitative estimate of drug-likeness (QED) is 0.604. The van der Waals surface area contributed by atoms with E-state index in [2.05, 4.69) is 21.2 Å². The number of nitrogens with one attached hydrogen (secondary N) is 1. The van der Waals surface area contributed by atoms with E-state index in [1.165, 1.54) is 12.1 Å². The number of rotatable bonds is 5. The van der Waals surface area contributed by atoms with Crippen LogP contribution in [0.3, 0.4) is 0 Å². The average molecular weight is 353 g/mol. The van der Waals surface area contributed by atoms with Gasteiger partial charge in [0.2, 0.25) is 5.82 Å². The summed E-state index contributed by atoms with van der Waals surface area (Å²) in [4.78, 5) is 9.88.